The van der Waals surface area contributed by atoms with Crippen molar-refractivity contribution in [2.24, 2.45) is 17.3 Å². The van der Waals surface area contributed by atoms with Gasteiger partial charge in [0.25, 0.3) is 0 Å². The number of amides is 1. The summed E-state index contributed by atoms with van der Waals surface area (Å²) in [6, 6.07) is 0. The topological polar surface area (TPSA) is 47.6 Å². The summed E-state index contributed by atoms with van der Waals surface area (Å²) in [5, 5.41) is 2.99. The Morgan fingerprint density at radius 3 is 2.86 bits per heavy atom. The molecule has 1 amide bonds. The van der Waals surface area contributed by atoms with E-state index in [4.69, 9.17) is 9.47 Å². The average Bonchev–Trinajstić information content (AvgIpc) is 2.88. The van der Waals surface area contributed by atoms with Crippen LogP contribution in [0.25, 0.3) is 0 Å². The zero-order valence-electron chi connectivity index (χ0n) is 14.5. The number of ether oxygens (including phenoxy) is 2. The van der Waals surface area contributed by atoms with E-state index >= 15 is 0 Å². The summed E-state index contributed by atoms with van der Waals surface area (Å²) in [4.78, 5) is 12.1. The first-order chi connectivity index (χ1) is 10.4. The van der Waals surface area contributed by atoms with Gasteiger partial charge in [0.15, 0.2) is 0 Å². The van der Waals surface area contributed by atoms with E-state index in [1.807, 2.05) is 0 Å². The minimum absolute atomic E-state index is 0.176. The van der Waals surface area contributed by atoms with Gasteiger partial charge in [0.2, 0.25) is 5.91 Å². The third kappa shape index (κ3) is 6.25. The second-order valence-corrected chi connectivity index (χ2v) is 8.04. The quantitative estimate of drug-likeness (QED) is 0.735. The van der Waals surface area contributed by atoms with Gasteiger partial charge < -0.3 is 14.8 Å². The Bertz CT molecular complexity index is 350. The van der Waals surface area contributed by atoms with Crippen LogP contribution in [0.1, 0.15) is 59.3 Å². The van der Waals surface area contributed by atoms with Gasteiger partial charge in [-0.15, -0.1) is 0 Å². The van der Waals surface area contributed by atoms with E-state index in [9.17, 15) is 4.79 Å². The zero-order chi connectivity index (χ0) is 16.0. The highest BCUT2D eigenvalue weighted by molar-refractivity contribution is 5.76. The van der Waals surface area contributed by atoms with Gasteiger partial charge in [0.05, 0.1) is 19.3 Å². The van der Waals surface area contributed by atoms with Crippen molar-refractivity contribution in [1.82, 2.24) is 5.32 Å². The van der Waals surface area contributed by atoms with Gasteiger partial charge in [0, 0.05) is 19.6 Å². The molecule has 1 saturated carbocycles. The van der Waals surface area contributed by atoms with Crippen LogP contribution in [0.15, 0.2) is 0 Å². The fraction of sp³-hybridized carbons (Fsp3) is 0.944. The molecule has 1 aliphatic heterocycles. The second kappa shape index (κ2) is 8.30. The number of rotatable bonds is 7. The SMILES string of the molecule is CC1CC(CC(=O)NCCOCC2CCCO2)CC(C)(C)C1. The average molecular weight is 311 g/mol. The Morgan fingerprint density at radius 1 is 1.36 bits per heavy atom. The summed E-state index contributed by atoms with van der Waals surface area (Å²) in [6.45, 7) is 9.67. The Labute approximate surface area is 135 Å². The third-order valence-corrected chi connectivity index (χ3v) is 4.85. The van der Waals surface area contributed by atoms with Gasteiger partial charge in [-0.3, -0.25) is 4.79 Å². The van der Waals surface area contributed by atoms with Crippen molar-refractivity contribution in [3.05, 3.63) is 0 Å². The lowest BCUT2D eigenvalue weighted by Gasteiger charge is -2.38. The molecule has 4 heteroatoms. The molecule has 0 aromatic heterocycles. The van der Waals surface area contributed by atoms with Crippen LogP contribution in [0, 0.1) is 17.3 Å². The molecule has 1 aliphatic carbocycles. The van der Waals surface area contributed by atoms with Crippen molar-refractivity contribution < 1.29 is 14.3 Å². The van der Waals surface area contributed by atoms with Crippen LogP contribution in [-0.2, 0) is 14.3 Å². The van der Waals surface area contributed by atoms with Crippen LogP contribution < -0.4 is 5.32 Å². The maximum Gasteiger partial charge on any atom is 0.220 e. The summed E-state index contributed by atoms with van der Waals surface area (Å²) >= 11 is 0. The Kier molecular flexibility index (Phi) is 6.69. The highest BCUT2D eigenvalue weighted by Gasteiger charge is 2.32. The van der Waals surface area contributed by atoms with Gasteiger partial charge in [-0.25, -0.2) is 0 Å². The molecular formula is C18H33NO3. The minimum atomic E-state index is 0.176. The highest BCUT2D eigenvalue weighted by Crippen LogP contribution is 2.42. The van der Waals surface area contributed by atoms with Crippen LogP contribution in [0.4, 0.5) is 0 Å². The van der Waals surface area contributed by atoms with Crippen molar-refractivity contribution in [3.8, 4) is 0 Å². The summed E-state index contributed by atoms with van der Waals surface area (Å²) in [5.41, 5.74) is 0.382. The van der Waals surface area contributed by atoms with E-state index in [1.165, 1.54) is 19.3 Å². The molecule has 1 heterocycles. The standard InChI is InChI=1S/C18H33NO3/c1-14-9-15(12-18(2,3)11-14)10-17(20)19-6-8-21-13-16-5-4-7-22-16/h14-16H,4-13H2,1-3H3,(H,19,20). The van der Waals surface area contributed by atoms with E-state index in [0.717, 1.165) is 25.4 Å². The molecule has 2 rings (SSSR count). The Balaban J connectivity index is 1.55. The van der Waals surface area contributed by atoms with E-state index < -0.39 is 0 Å². The van der Waals surface area contributed by atoms with E-state index in [0.29, 0.717) is 37.5 Å². The molecule has 4 nitrogen and oxygen atoms in total. The number of hydrogen-bond donors (Lipinski definition) is 1. The van der Waals surface area contributed by atoms with Crippen LogP contribution in [0.5, 0.6) is 0 Å². The minimum Gasteiger partial charge on any atom is -0.377 e. The predicted octanol–water partition coefficient (Wildman–Crippen LogP) is 3.15. The first-order valence-electron chi connectivity index (χ1n) is 8.91. The second-order valence-electron chi connectivity index (χ2n) is 8.04. The molecule has 2 fully saturated rings. The molecule has 2 aliphatic rings. The van der Waals surface area contributed by atoms with Gasteiger partial charge in [-0.2, -0.15) is 0 Å². The maximum atomic E-state index is 12.1. The Morgan fingerprint density at radius 2 is 2.18 bits per heavy atom. The van der Waals surface area contributed by atoms with Crippen LogP contribution in [-0.4, -0.2) is 38.4 Å². The molecule has 22 heavy (non-hydrogen) atoms. The van der Waals surface area contributed by atoms with Gasteiger partial charge >= 0.3 is 0 Å². The number of carbonyl (C=O) groups is 1. The molecule has 0 bridgehead atoms. The largest absolute Gasteiger partial charge is 0.377 e. The Hall–Kier alpha value is -0.610. The fourth-order valence-electron chi connectivity index (χ4n) is 4.29. The number of nitrogens with one attached hydrogen (secondary N) is 1. The van der Waals surface area contributed by atoms with Crippen molar-refractivity contribution in [1.29, 1.82) is 0 Å². The molecule has 0 spiro atoms. The summed E-state index contributed by atoms with van der Waals surface area (Å²) in [5.74, 6) is 1.44. The molecule has 3 unspecified atom stereocenters. The summed E-state index contributed by atoms with van der Waals surface area (Å²) < 4.78 is 11.1. The van der Waals surface area contributed by atoms with Crippen molar-refractivity contribution in [2.45, 2.75) is 65.4 Å². The summed E-state index contributed by atoms with van der Waals surface area (Å²) in [6.07, 6.45) is 6.80. The molecule has 0 radical (unpaired) electrons. The lowest BCUT2D eigenvalue weighted by molar-refractivity contribution is -0.123. The van der Waals surface area contributed by atoms with Crippen LogP contribution in [0.2, 0.25) is 0 Å². The first kappa shape index (κ1) is 17.7. The molecule has 3 atom stereocenters. The van der Waals surface area contributed by atoms with Gasteiger partial charge in [-0.05, 0) is 49.4 Å². The third-order valence-electron chi connectivity index (χ3n) is 4.85. The van der Waals surface area contributed by atoms with Gasteiger partial charge in [-0.1, -0.05) is 20.8 Å². The van der Waals surface area contributed by atoms with Gasteiger partial charge in [0.1, 0.15) is 0 Å². The van der Waals surface area contributed by atoms with Crippen LogP contribution in [0.3, 0.4) is 0 Å². The van der Waals surface area contributed by atoms with Crippen LogP contribution >= 0.6 is 0 Å². The first-order valence-corrected chi connectivity index (χ1v) is 8.91. The molecule has 128 valence electrons. The monoisotopic (exact) mass is 311 g/mol. The van der Waals surface area contributed by atoms with E-state index in [1.54, 1.807) is 0 Å². The highest BCUT2D eigenvalue weighted by atomic mass is 16.5. The fourth-order valence-corrected chi connectivity index (χ4v) is 4.29. The molecule has 1 N–H and O–H groups in total. The number of hydrogen-bond acceptors (Lipinski definition) is 3. The molecule has 0 aromatic carbocycles. The molecule has 1 saturated heterocycles. The predicted molar refractivity (Wildman–Crippen MR) is 87.7 cm³/mol. The molecule has 0 aromatic rings. The van der Waals surface area contributed by atoms with E-state index in [2.05, 4.69) is 26.1 Å². The van der Waals surface area contributed by atoms with E-state index in [-0.39, 0.29) is 12.0 Å². The lowest BCUT2D eigenvalue weighted by atomic mass is 9.67. The number of carbonyl (C=O) groups excluding carboxylic acids is 1. The normalized spacial score (nSPS) is 31.1. The zero-order valence-corrected chi connectivity index (χ0v) is 14.5. The van der Waals surface area contributed by atoms with Crippen molar-refractivity contribution in [2.75, 3.05) is 26.4 Å². The molecular weight excluding hydrogens is 278 g/mol. The van der Waals surface area contributed by atoms with Crippen molar-refractivity contribution in [3.63, 3.8) is 0 Å². The lowest BCUT2D eigenvalue weighted by Crippen LogP contribution is -2.33. The van der Waals surface area contributed by atoms with Crippen molar-refractivity contribution >= 4 is 5.91 Å². The smallest absolute Gasteiger partial charge is 0.220 e. The maximum absolute atomic E-state index is 12.1. The summed E-state index contributed by atoms with van der Waals surface area (Å²) in [7, 11) is 0.